The maximum absolute atomic E-state index is 5.81. The molecule has 0 aliphatic rings. The summed E-state index contributed by atoms with van der Waals surface area (Å²) in [6.45, 7) is 7.96. The molecule has 2 nitrogen and oxygen atoms in total. The lowest BCUT2D eigenvalue weighted by Crippen LogP contribution is -2.48. The number of rotatable bonds is 8. The molecule has 0 aliphatic carbocycles. The number of nitrogens with one attached hydrogen (secondary N) is 1. The van der Waals surface area contributed by atoms with E-state index in [0.717, 1.165) is 19.4 Å². The van der Waals surface area contributed by atoms with E-state index in [9.17, 15) is 0 Å². The monoisotopic (exact) mass is 210 g/mol. The van der Waals surface area contributed by atoms with Crippen molar-refractivity contribution < 1.29 is 0 Å². The molecule has 0 aromatic heterocycles. The maximum Gasteiger partial charge on any atom is 0.0276 e. The Morgan fingerprint density at radius 3 is 2.60 bits per heavy atom. The highest BCUT2D eigenvalue weighted by atomic mass is 15.0. The highest BCUT2D eigenvalue weighted by Crippen LogP contribution is 2.13. The topological polar surface area (TPSA) is 38.0 Å². The van der Waals surface area contributed by atoms with Gasteiger partial charge in [-0.15, -0.1) is 11.8 Å². The van der Waals surface area contributed by atoms with Crippen molar-refractivity contribution in [2.24, 2.45) is 5.73 Å². The molecule has 1 atom stereocenters. The van der Waals surface area contributed by atoms with Gasteiger partial charge in [0, 0.05) is 25.0 Å². The van der Waals surface area contributed by atoms with E-state index >= 15 is 0 Å². The maximum atomic E-state index is 5.81. The van der Waals surface area contributed by atoms with E-state index in [4.69, 9.17) is 5.73 Å². The summed E-state index contributed by atoms with van der Waals surface area (Å²) >= 11 is 0. The Labute approximate surface area is 95.0 Å². The minimum absolute atomic E-state index is 0.102. The fraction of sp³-hybridized carbons (Fsp3) is 0.846. The van der Waals surface area contributed by atoms with Crippen molar-refractivity contribution in [1.29, 1.82) is 0 Å². The van der Waals surface area contributed by atoms with Crippen LogP contribution < -0.4 is 11.1 Å². The molecule has 0 spiro atoms. The van der Waals surface area contributed by atoms with Gasteiger partial charge in [0.1, 0.15) is 0 Å². The van der Waals surface area contributed by atoms with Crippen LogP contribution in [0, 0.1) is 11.8 Å². The van der Waals surface area contributed by atoms with Crippen LogP contribution in [0.2, 0.25) is 0 Å². The highest BCUT2D eigenvalue weighted by Gasteiger charge is 2.20. The lowest BCUT2D eigenvalue weighted by Gasteiger charge is -2.29. The van der Waals surface area contributed by atoms with Crippen molar-refractivity contribution >= 4 is 0 Å². The van der Waals surface area contributed by atoms with Gasteiger partial charge in [-0.25, -0.2) is 0 Å². The van der Waals surface area contributed by atoms with E-state index in [1.165, 1.54) is 19.3 Å². The molecule has 0 bridgehead atoms. The average molecular weight is 210 g/mol. The molecule has 0 aromatic rings. The van der Waals surface area contributed by atoms with Crippen molar-refractivity contribution in [2.45, 2.75) is 58.4 Å². The number of hydrogen-bond donors (Lipinski definition) is 2. The van der Waals surface area contributed by atoms with Gasteiger partial charge in [0.15, 0.2) is 0 Å². The first kappa shape index (κ1) is 14.5. The van der Waals surface area contributed by atoms with Crippen LogP contribution in [-0.2, 0) is 0 Å². The summed E-state index contributed by atoms with van der Waals surface area (Å²) in [4.78, 5) is 0. The van der Waals surface area contributed by atoms with Crippen LogP contribution in [0.3, 0.4) is 0 Å². The number of hydrogen-bond acceptors (Lipinski definition) is 2. The molecule has 0 aliphatic heterocycles. The number of nitrogens with two attached hydrogens (primary N) is 1. The smallest absolute Gasteiger partial charge is 0.0276 e. The van der Waals surface area contributed by atoms with Crippen LogP contribution in [0.1, 0.15) is 52.9 Å². The van der Waals surface area contributed by atoms with Gasteiger partial charge >= 0.3 is 0 Å². The van der Waals surface area contributed by atoms with E-state index in [-0.39, 0.29) is 5.54 Å². The van der Waals surface area contributed by atoms with Crippen LogP contribution in [-0.4, -0.2) is 18.6 Å². The molecular formula is C13H26N2. The van der Waals surface area contributed by atoms with Gasteiger partial charge < -0.3 is 11.1 Å². The second-order valence-electron chi connectivity index (χ2n) is 4.33. The first-order valence-electron chi connectivity index (χ1n) is 6.03. The van der Waals surface area contributed by atoms with Gasteiger partial charge in [-0.05, 0) is 20.3 Å². The Balaban J connectivity index is 3.77. The summed E-state index contributed by atoms with van der Waals surface area (Å²) in [7, 11) is 0. The van der Waals surface area contributed by atoms with Gasteiger partial charge in [0.2, 0.25) is 0 Å². The Morgan fingerprint density at radius 2 is 2.07 bits per heavy atom. The minimum Gasteiger partial charge on any atom is -0.329 e. The average Bonchev–Trinajstić information content (AvgIpc) is 2.25. The summed E-state index contributed by atoms with van der Waals surface area (Å²) in [6, 6.07) is 0. The van der Waals surface area contributed by atoms with Crippen molar-refractivity contribution in [3.63, 3.8) is 0 Å². The van der Waals surface area contributed by atoms with Gasteiger partial charge in [-0.3, -0.25) is 0 Å². The molecule has 88 valence electrons. The molecule has 0 saturated carbocycles. The molecule has 0 amide bonds. The molecule has 0 aromatic carbocycles. The Bertz CT molecular complexity index is 202. The van der Waals surface area contributed by atoms with Gasteiger partial charge in [0.05, 0.1) is 0 Å². The van der Waals surface area contributed by atoms with Crippen molar-refractivity contribution in [3.8, 4) is 11.8 Å². The predicted molar refractivity (Wildman–Crippen MR) is 67.7 cm³/mol. The van der Waals surface area contributed by atoms with E-state index in [1.807, 2.05) is 6.92 Å². The first-order valence-corrected chi connectivity index (χ1v) is 6.03. The Kier molecular flexibility index (Phi) is 8.46. The molecule has 0 radical (unpaired) electrons. The van der Waals surface area contributed by atoms with Crippen molar-refractivity contribution in [3.05, 3.63) is 0 Å². The molecule has 0 fully saturated rings. The van der Waals surface area contributed by atoms with Gasteiger partial charge in [-0.2, -0.15) is 0 Å². The highest BCUT2D eigenvalue weighted by molar-refractivity contribution is 4.96. The van der Waals surface area contributed by atoms with E-state index in [0.29, 0.717) is 6.54 Å². The third-order valence-electron chi connectivity index (χ3n) is 2.76. The summed E-state index contributed by atoms with van der Waals surface area (Å²) in [5.74, 6) is 5.96. The summed E-state index contributed by atoms with van der Waals surface area (Å²) in [5, 5.41) is 3.51. The summed E-state index contributed by atoms with van der Waals surface area (Å²) in [6.07, 6.45) is 5.90. The predicted octanol–water partition coefficient (Wildman–Crippen LogP) is 2.29. The normalized spacial score (nSPS) is 14.1. The zero-order valence-corrected chi connectivity index (χ0v) is 10.5. The van der Waals surface area contributed by atoms with Crippen molar-refractivity contribution in [1.82, 2.24) is 5.32 Å². The fourth-order valence-corrected chi connectivity index (χ4v) is 1.58. The number of unbranched alkanes of at least 4 members (excludes halogenated alkanes) is 2. The van der Waals surface area contributed by atoms with Gasteiger partial charge in [0.25, 0.3) is 0 Å². The standard InChI is InChI=1S/C13H26N2/c1-4-6-8-10-13(3,12-14)15-11-9-7-5-2/h15H,4,6,8-12,14H2,1-3H3. The molecular weight excluding hydrogens is 184 g/mol. The molecule has 15 heavy (non-hydrogen) atoms. The molecule has 0 heterocycles. The SMILES string of the molecule is CC#CCCNC(C)(CN)CCCCC. The largest absolute Gasteiger partial charge is 0.329 e. The third-order valence-corrected chi connectivity index (χ3v) is 2.76. The lowest BCUT2D eigenvalue weighted by molar-refractivity contribution is 0.331. The van der Waals surface area contributed by atoms with E-state index < -0.39 is 0 Å². The van der Waals surface area contributed by atoms with Crippen LogP contribution in [0.15, 0.2) is 0 Å². The van der Waals surface area contributed by atoms with Crippen LogP contribution in [0.4, 0.5) is 0 Å². The minimum atomic E-state index is 0.102. The van der Waals surface area contributed by atoms with Crippen molar-refractivity contribution in [2.75, 3.05) is 13.1 Å². The quantitative estimate of drug-likeness (QED) is 0.476. The first-order chi connectivity index (χ1) is 7.18. The van der Waals surface area contributed by atoms with Crippen LogP contribution in [0.5, 0.6) is 0 Å². The van der Waals surface area contributed by atoms with Crippen LogP contribution in [0.25, 0.3) is 0 Å². The fourth-order valence-electron chi connectivity index (χ4n) is 1.58. The molecule has 2 heteroatoms. The lowest BCUT2D eigenvalue weighted by atomic mass is 9.94. The molecule has 1 unspecified atom stereocenters. The molecule has 0 saturated heterocycles. The molecule has 3 N–H and O–H groups in total. The zero-order chi connectivity index (χ0) is 11.6. The third kappa shape index (κ3) is 7.41. The summed E-state index contributed by atoms with van der Waals surface area (Å²) < 4.78 is 0. The zero-order valence-electron chi connectivity index (χ0n) is 10.5. The summed E-state index contributed by atoms with van der Waals surface area (Å²) in [5.41, 5.74) is 5.91. The Hall–Kier alpha value is -0.520. The Morgan fingerprint density at radius 1 is 1.33 bits per heavy atom. The van der Waals surface area contributed by atoms with Gasteiger partial charge in [-0.1, -0.05) is 26.2 Å². The molecule has 0 rings (SSSR count). The van der Waals surface area contributed by atoms with Crippen LogP contribution >= 0.6 is 0 Å². The van der Waals surface area contributed by atoms with E-state index in [2.05, 4.69) is 31.0 Å². The second-order valence-corrected chi connectivity index (χ2v) is 4.33. The second kappa shape index (κ2) is 8.76. The van der Waals surface area contributed by atoms with E-state index in [1.54, 1.807) is 0 Å².